The molecule has 0 saturated carbocycles. The highest BCUT2D eigenvalue weighted by Crippen LogP contribution is 2.18. The maximum absolute atomic E-state index is 11.9. The second kappa shape index (κ2) is 6.45. The Bertz CT molecular complexity index is 872. The van der Waals surface area contributed by atoms with Crippen LogP contribution in [0.25, 0.3) is 11.3 Å². The smallest absolute Gasteiger partial charge is 0.267 e. The minimum Gasteiger partial charge on any atom is -0.363 e. The quantitative estimate of drug-likeness (QED) is 0.792. The molecule has 3 aromatic rings. The molecule has 0 fully saturated rings. The van der Waals surface area contributed by atoms with Crippen molar-refractivity contribution in [3.05, 3.63) is 64.1 Å². The van der Waals surface area contributed by atoms with Crippen LogP contribution < -0.4 is 10.9 Å². The van der Waals surface area contributed by atoms with Crippen LogP contribution >= 0.6 is 11.6 Å². The van der Waals surface area contributed by atoms with E-state index in [0.717, 1.165) is 10.2 Å². The molecule has 23 heavy (non-hydrogen) atoms. The standard InChI is InChI=1S/C15H11ClN4O3/c16-11-3-1-10(2-4-11)12-5-6-15(22)20(18-12)9-14(21)17-13-7-8-23-19-13/h1-8H,9H2,(H,17,19,21). The highest BCUT2D eigenvalue weighted by Gasteiger charge is 2.09. The third kappa shape index (κ3) is 3.64. The fraction of sp³-hybridized carbons (Fsp3) is 0.0667. The maximum atomic E-state index is 11.9. The Balaban J connectivity index is 1.81. The van der Waals surface area contributed by atoms with E-state index in [9.17, 15) is 9.59 Å². The molecule has 7 nitrogen and oxygen atoms in total. The Kier molecular flexibility index (Phi) is 4.20. The van der Waals surface area contributed by atoms with Crippen molar-refractivity contribution in [2.75, 3.05) is 5.32 Å². The number of aromatic nitrogens is 3. The van der Waals surface area contributed by atoms with Gasteiger partial charge < -0.3 is 9.84 Å². The monoisotopic (exact) mass is 330 g/mol. The van der Waals surface area contributed by atoms with Gasteiger partial charge in [-0.05, 0) is 18.2 Å². The molecule has 0 saturated heterocycles. The molecule has 1 amide bonds. The van der Waals surface area contributed by atoms with Crippen LogP contribution in [0.4, 0.5) is 5.82 Å². The predicted molar refractivity (Wildman–Crippen MR) is 84.1 cm³/mol. The molecule has 3 rings (SSSR count). The van der Waals surface area contributed by atoms with Crippen molar-refractivity contribution >= 4 is 23.3 Å². The van der Waals surface area contributed by atoms with Gasteiger partial charge in [0.15, 0.2) is 5.82 Å². The fourth-order valence-corrected chi connectivity index (χ4v) is 2.06. The lowest BCUT2D eigenvalue weighted by Crippen LogP contribution is -2.29. The Morgan fingerprint density at radius 3 is 2.65 bits per heavy atom. The largest absolute Gasteiger partial charge is 0.363 e. The van der Waals surface area contributed by atoms with Gasteiger partial charge in [-0.1, -0.05) is 28.9 Å². The maximum Gasteiger partial charge on any atom is 0.267 e. The Hall–Kier alpha value is -2.93. The van der Waals surface area contributed by atoms with E-state index in [4.69, 9.17) is 11.6 Å². The zero-order valence-electron chi connectivity index (χ0n) is 11.8. The van der Waals surface area contributed by atoms with Crippen molar-refractivity contribution in [2.24, 2.45) is 0 Å². The number of carbonyl (C=O) groups is 1. The lowest BCUT2D eigenvalue weighted by molar-refractivity contribution is -0.117. The minimum absolute atomic E-state index is 0.229. The number of nitrogens with one attached hydrogen (secondary N) is 1. The van der Waals surface area contributed by atoms with Gasteiger partial charge in [-0.3, -0.25) is 9.59 Å². The summed E-state index contributed by atoms with van der Waals surface area (Å²) in [6, 6.07) is 11.5. The number of halogens is 1. The zero-order valence-corrected chi connectivity index (χ0v) is 12.5. The average Bonchev–Trinajstić information content (AvgIpc) is 3.03. The molecule has 2 aromatic heterocycles. The average molecular weight is 331 g/mol. The number of carbonyl (C=O) groups excluding carboxylic acids is 1. The third-order valence-electron chi connectivity index (χ3n) is 3.01. The summed E-state index contributed by atoms with van der Waals surface area (Å²) in [7, 11) is 0. The first kappa shape index (κ1) is 15.0. The normalized spacial score (nSPS) is 10.5. The van der Waals surface area contributed by atoms with E-state index in [2.05, 4.69) is 20.1 Å². The van der Waals surface area contributed by atoms with Gasteiger partial charge >= 0.3 is 0 Å². The number of rotatable bonds is 4. The van der Waals surface area contributed by atoms with Gasteiger partial charge in [0.25, 0.3) is 5.56 Å². The van der Waals surface area contributed by atoms with Crippen LogP contribution in [-0.4, -0.2) is 20.8 Å². The second-order valence-corrected chi connectivity index (χ2v) is 5.09. The summed E-state index contributed by atoms with van der Waals surface area (Å²) < 4.78 is 5.70. The van der Waals surface area contributed by atoms with Crippen molar-refractivity contribution in [1.29, 1.82) is 0 Å². The summed E-state index contributed by atoms with van der Waals surface area (Å²) in [5.74, 6) is -0.154. The Morgan fingerprint density at radius 1 is 1.17 bits per heavy atom. The summed E-state index contributed by atoms with van der Waals surface area (Å²) in [5, 5.41) is 10.9. The number of anilines is 1. The van der Waals surface area contributed by atoms with Crippen LogP contribution in [0, 0.1) is 0 Å². The lowest BCUT2D eigenvalue weighted by atomic mass is 10.1. The molecule has 0 aliphatic heterocycles. The molecule has 0 aliphatic rings. The minimum atomic E-state index is -0.429. The van der Waals surface area contributed by atoms with Crippen LogP contribution in [0.2, 0.25) is 5.02 Å². The van der Waals surface area contributed by atoms with E-state index in [-0.39, 0.29) is 17.9 Å². The van der Waals surface area contributed by atoms with Crippen LogP contribution in [0.1, 0.15) is 0 Å². The van der Waals surface area contributed by atoms with Crippen molar-refractivity contribution in [2.45, 2.75) is 6.54 Å². The second-order valence-electron chi connectivity index (χ2n) is 4.65. The van der Waals surface area contributed by atoms with Crippen LogP contribution in [0.15, 0.2) is 58.0 Å². The molecule has 0 spiro atoms. The number of hydrogen-bond acceptors (Lipinski definition) is 5. The van der Waals surface area contributed by atoms with Gasteiger partial charge in [-0.2, -0.15) is 5.10 Å². The first-order valence-corrected chi connectivity index (χ1v) is 7.04. The molecule has 0 atom stereocenters. The van der Waals surface area contributed by atoms with E-state index in [1.165, 1.54) is 18.4 Å². The number of hydrogen-bond donors (Lipinski definition) is 1. The van der Waals surface area contributed by atoms with Gasteiger partial charge in [0.05, 0.1) is 5.69 Å². The highest BCUT2D eigenvalue weighted by molar-refractivity contribution is 6.30. The van der Waals surface area contributed by atoms with Gasteiger partial charge in [0, 0.05) is 22.7 Å². The Morgan fingerprint density at radius 2 is 1.96 bits per heavy atom. The van der Waals surface area contributed by atoms with E-state index >= 15 is 0 Å². The van der Waals surface area contributed by atoms with E-state index in [1.54, 1.807) is 30.3 Å². The molecule has 0 radical (unpaired) electrons. The molecule has 0 aliphatic carbocycles. The van der Waals surface area contributed by atoms with E-state index < -0.39 is 5.91 Å². The topological polar surface area (TPSA) is 90.0 Å². The van der Waals surface area contributed by atoms with E-state index in [0.29, 0.717) is 10.7 Å². The molecule has 2 heterocycles. The van der Waals surface area contributed by atoms with Crippen LogP contribution in [0.3, 0.4) is 0 Å². The van der Waals surface area contributed by atoms with Gasteiger partial charge in [0.1, 0.15) is 12.8 Å². The number of amides is 1. The van der Waals surface area contributed by atoms with Crippen LogP contribution in [0.5, 0.6) is 0 Å². The summed E-state index contributed by atoms with van der Waals surface area (Å²) in [6.45, 7) is -0.229. The summed E-state index contributed by atoms with van der Waals surface area (Å²) in [4.78, 5) is 23.8. The SMILES string of the molecule is O=C(Cn1nc(-c2ccc(Cl)cc2)ccc1=O)Nc1ccon1. The van der Waals surface area contributed by atoms with E-state index in [1.807, 2.05) is 0 Å². The van der Waals surface area contributed by atoms with Gasteiger partial charge in [-0.25, -0.2) is 4.68 Å². The van der Waals surface area contributed by atoms with Crippen molar-refractivity contribution in [3.8, 4) is 11.3 Å². The summed E-state index contributed by atoms with van der Waals surface area (Å²) >= 11 is 5.85. The Labute approximate surface area is 135 Å². The van der Waals surface area contributed by atoms with Crippen molar-refractivity contribution in [3.63, 3.8) is 0 Å². The molecule has 8 heteroatoms. The molecular formula is C15H11ClN4O3. The van der Waals surface area contributed by atoms with Gasteiger partial charge in [0.2, 0.25) is 5.91 Å². The molecular weight excluding hydrogens is 320 g/mol. The first-order valence-electron chi connectivity index (χ1n) is 6.66. The molecule has 0 unspecified atom stereocenters. The predicted octanol–water partition coefficient (Wildman–Crippen LogP) is 2.19. The van der Waals surface area contributed by atoms with Crippen LogP contribution in [-0.2, 0) is 11.3 Å². The molecule has 116 valence electrons. The fourth-order valence-electron chi connectivity index (χ4n) is 1.93. The number of benzene rings is 1. The summed E-state index contributed by atoms with van der Waals surface area (Å²) in [6.07, 6.45) is 1.33. The molecule has 0 bridgehead atoms. The van der Waals surface area contributed by atoms with Crippen molar-refractivity contribution in [1.82, 2.24) is 14.9 Å². The van der Waals surface area contributed by atoms with Gasteiger partial charge in [-0.15, -0.1) is 0 Å². The van der Waals surface area contributed by atoms with Crippen molar-refractivity contribution < 1.29 is 9.32 Å². The lowest BCUT2D eigenvalue weighted by Gasteiger charge is -2.07. The molecule has 1 aromatic carbocycles. The third-order valence-corrected chi connectivity index (χ3v) is 3.26. The number of nitrogens with zero attached hydrogens (tertiary/aromatic N) is 3. The first-order chi connectivity index (χ1) is 11.1. The zero-order chi connectivity index (χ0) is 16.2. The molecule has 1 N–H and O–H groups in total. The highest BCUT2D eigenvalue weighted by atomic mass is 35.5. The summed E-state index contributed by atoms with van der Waals surface area (Å²) in [5.41, 5.74) is 0.980.